The number of hydrogen-bond donors (Lipinski definition) is 1. The lowest BCUT2D eigenvalue weighted by Crippen LogP contribution is -2.23. The molecule has 1 heterocycles. The van der Waals surface area contributed by atoms with E-state index in [-0.39, 0.29) is 6.04 Å². The molecule has 0 aromatic carbocycles. The first-order valence-corrected chi connectivity index (χ1v) is 6.12. The van der Waals surface area contributed by atoms with E-state index in [2.05, 4.69) is 45.9 Å². The molecule has 0 aliphatic heterocycles. The SMILES string of the molecule is CCn1cc(C(N)CC(C)C(C)(C)C)cn1. The van der Waals surface area contributed by atoms with Gasteiger partial charge in [0.25, 0.3) is 0 Å². The largest absolute Gasteiger partial charge is 0.324 e. The van der Waals surface area contributed by atoms with Gasteiger partial charge in [0.15, 0.2) is 0 Å². The van der Waals surface area contributed by atoms with E-state index in [9.17, 15) is 0 Å². The Kier molecular flexibility index (Phi) is 4.14. The Bertz CT molecular complexity index is 322. The van der Waals surface area contributed by atoms with Gasteiger partial charge >= 0.3 is 0 Å². The lowest BCUT2D eigenvalue weighted by Gasteiger charge is -2.29. The summed E-state index contributed by atoms with van der Waals surface area (Å²) < 4.78 is 1.93. The van der Waals surface area contributed by atoms with Gasteiger partial charge in [-0.1, -0.05) is 27.7 Å². The molecule has 0 spiro atoms. The van der Waals surface area contributed by atoms with Gasteiger partial charge in [0.1, 0.15) is 0 Å². The molecule has 0 aliphatic carbocycles. The fourth-order valence-corrected chi connectivity index (χ4v) is 1.61. The lowest BCUT2D eigenvalue weighted by molar-refractivity contribution is 0.234. The van der Waals surface area contributed by atoms with Crippen LogP contribution in [0.1, 0.15) is 52.6 Å². The number of nitrogens with two attached hydrogens (primary N) is 1. The molecule has 3 heteroatoms. The maximum absolute atomic E-state index is 6.21. The quantitative estimate of drug-likeness (QED) is 0.852. The van der Waals surface area contributed by atoms with Crippen LogP contribution in [0, 0.1) is 11.3 Å². The van der Waals surface area contributed by atoms with E-state index in [0.717, 1.165) is 18.5 Å². The fraction of sp³-hybridized carbons (Fsp3) is 0.769. The number of hydrogen-bond acceptors (Lipinski definition) is 2. The third-order valence-electron chi connectivity index (χ3n) is 3.49. The lowest BCUT2D eigenvalue weighted by atomic mass is 9.78. The van der Waals surface area contributed by atoms with Gasteiger partial charge in [-0.3, -0.25) is 4.68 Å². The number of aromatic nitrogens is 2. The average molecular weight is 223 g/mol. The Morgan fingerprint density at radius 3 is 2.50 bits per heavy atom. The highest BCUT2D eigenvalue weighted by molar-refractivity contribution is 5.09. The summed E-state index contributed by atoms with van der Waals surface area (Å²) >= 11 is 0. The van der Waals surface area contributed by atoms with Crippen molar-refractivity contribution >= 4 is 0 Å². The molecule has 0 aliphatic rings. The monoisotopic (exact) mass is 223 g/mol. The molecule has 0 bridgehead atoms. The minimum atomic E-state index is 0.106. The molecule has 2 unspecified atom stereocenters. The van der Waals surface area contributed by atoms with Crippen molar-refractivity contribution in [3.63, 3.8) is 0 Å². The summed E-state index contributed by atoms with van der Waals surface area (Å²) in [5.74, 6) is 0.604. The van der Waals surface area contributed by atoms with E-state index in [1.54, 1.807) is 0 Å². The predicted molar refractivity (Wildman–Crippen MR) is 68.1 cm³/mol. The van der Waals surface area contributed by atoms with Crippen molar-refractivity contribution in [2.45, 2.75) is 53.6 Å². The van der Waals surface area contributed by atoms with E-state index >= 15 is 0 Å². The van der Waals surface area contributed by atoms with Crippen LogP contribution in [-0.4, -0.2) is 9.78 Å². The molecule has 2 atom stereocenters. The molecule has 3 nitrogen and oxygen atoms in total. The highest BCUT2D eigenvalue weighted by Crippen LogP contribution is 2.32. The van der Waals surface area contributed by atoms with E-state index in [1.165, 1.54) is 0 Å². The van der Waals surface area contributed by atoms with Gasteiger partial charge in [0.05, 0.1) is 6.20 Å². The van der Waals surface area contributed by atoms with E-state index in [1.807, 2.05) is 10.9 Å². The summed E-state index contributed by atoms with van der Waals surface area (Å²) in [6, 6.07) is 0.106. The highest BCUT2D eigenvalue weighted by Gasteiger charge is 2.23. The van der Waals surface area contributed by atoms with Crippen molar-refractivity contribution in [3.05, 3.63) is 18.0 Å². The predicted octanol–water partition coefficient (Wildman–Crippen LogP) is 2.98. The Hall–Kier alpha value is -0.830. The molecule has 0 fully saturated rings. The maximum atomic E-state index is 6.21. The van der Waals surface area contributed by atoms with Crippen molar-refractivity contribution in [2.24, 2.45) is 17.1 Å². The summed E-state index contributed by atoms with van der Waals surface area (Å²) in [4.78, 5) is 0. The van der Waals surface area contributed by atoms with Crippen LogP contribution < -0.4 is 5.73 Å². The van der Waals surface area contributed by atoms with Crippen molar-refractivity contribution < 1.29 is 0 Å². The average Bonchev–Trinajstić information content (AvgIpc) is 2.64. The van der Waals surface area contributed by atoms with Crippen LogP contribution in [0.2, 0.25) is 0 Å². The summed E-state index contributed by atoms with van der Waals surface area (Å²) in [6.45, 7) is 12.0. The van der Waals surface area contributed by atoms with Crippen molar-refractivity contribution in [1.29, 1.82) is 0 Å². The molecule has 0 radical (unpaired) electrons. The van der Waals surface area contributed by atoms with Crippen LogP contribution in [0.3, 0.4) is 0 Å². The van der Waals surface area contributed by atoms with Crippen molar-refractivity contribution in [3.8, 4) is 0 Å². The second kappa shape index (κ2) is 5.00. The van der Waals surface area contributed by atoms with Gasteiger partial charge in [0, 0.05) is 24.3 Å². The van der Waals surface area contributed by atoms with Crippen molar-refractivity contribution in [2.75, 3.05) is 0 Å². The minimum Gasteiger partial charge on any atom is -0.324 e. The summed E-state index contributed by atoms with van der Waals surface area (Å²) in [5, 5.41) is 4.26. The molecule has 0 saturated carbocycles. The normalized spacial score (nSPS) is 16.1. The van der Waals surface area contributed by atoms with Gasteiger partial charge in [-0.05, 0) is 24.7 Å². The van der Waals surface area contributed by atoms with Crippen LogP contribution in [0.15, 0.2) is 12.4 Å². The van der Waals surface area contributed by atoms with Crippen LogP contribution in [0.4, 0.5) is 0 Å². The van der Waals surface area contributed by atoms with Gasteiger partial charge < -0.3 is 5.73 Å². The first-order chi connectivity index (χ1) is 7.34. The number of nitrogens with zero attached hydrogens (tertiary/aromatic N) is 2. The fourth-order valence-electron chi connectivity index (χ4n) is 1.61. The molecule has 1 aromatic rings. The van der Waals surface area contributed by atoms with Crippen LogP contribution >= 0.6 is 0 Å². The topological polar surface area (TPSA) is 43.8 Å². The molecule has 16 heavy (non-hydrogen) atoms. The first kappa shape index (κ1) is 13.2. The second-order valence-electron chi connectivity index (χ2n) is 5.74. The number of aryl methyl sites for hydroxylation is 1. The van der Waals surface area contributed by atoms with Gasteiger partial charge in [-0.25, -0.2) is 0 Å². The summed E-state index contributed by atoms with van der Waals surface area (Å²) in [5.41, 5.74) is 7.68. The van der Waals surface area contributed by atoms with Gasteiger partial charge in [-0.15, -0.1) is 0 Å². The Morgan fingerprint density at radius 1 is 1.44 bits per heavy atom. The third kappa shape index (κ3) is 3.34. The zero-order valence-corrected chi connectivity index (χ0v) is 11.2. The van der Waals surface area contributed by atoms with Crippen LogP contribution in [0.25, 0.3) is 0 Å². The Morgan fingerprint density at radius 2 is 2.06 bits per heavy atom. The van der Waals surface area contributed by atoms with E-state index in [4.69, 9.17) is 5.73 Å². The molecular formula is C13H25N3. The van der Waals surface area contributed by atoms with Gasteiger partial charge in [-0.2, -0.15) is 5.10 Å². The summed E-state index contributed by atoms with van der Waals surface area (Å²) in [7, 11) is 0. The molecule has 1 aromatic heterocycles. The molecular weight excluding hydrogens is 198 g/mol. The van der Waals surface area contributed by atoms with Crippen molar-refractivity contribution in [1.82, 2.24) is 9.78 Å². The number of rotatable bonds is 4. The zero-order chi connectivity index (χ0) is 12.3. The molecule has 92 valence electrons. The van der Waals surface area contributed by atoms with Crippen LogP contribution in [-0.2, 0) is 6.54 Å². The standard InChI is InChI=1S/C13H25N3/c1-6-16-9-11(8-15-16)12(14)7-10(2)13(3,4)5/h8-10,12H,6-7,14H2,1-5H3. The first-order valence-electron chi connectivity index (χ1n) is 6.12. The zero-order valence-electron chi connectivity index (χ0n) is 11.2. The van der Waals surface area contributed by atoms with Crippen LogP contribution in [0.5, 0.6) is 0 Å². The van der Waals surface area contributed by atoms with E-state index in [0.29, 0.717) is 11.3 Å². The highest BCUT2D eigenvalue weighted by atomic mass is 15.3. The molecule has 0 amide bonds. The second-order valence-corrected chi connectivity index (χ2v) is 5.74. The molecule has 1 rings (SSSR count). The van der Waals surface area contributed by atoms with E-state index < -0.39 is 0 Å². The Labute approximate surface area is 99.0 Å². The minimum absolute atomic E-state index is 0.106. The Balaban J connectivity index is 2.61. The maximum Gasteiger partial charge on any atom is 0.0537 e. The smallest absolute Gasteiger partial charge is 0.0537 e. The molecule has 2 N–H and O–H groups in total. The third-order valence-corrected chi connectivity index (χ3v) is 3.49. The molecule has 0 saturated heterocycles. The summed E-state index contributed by atoms with van der Waals surface area (Å²) in [6.07, 6.45) is 4.96. The van der Waals surface area contributed by atoms with Gasteiger partial charge in [0.2, 0.25) is 0 Å².